The van der Waals surface area contributed by atoms with Crippen molar-refractivity contribution in [2.24, 2.45) is 7.05 Å². The lowest BCUT2D eigenvalue weighted by atomic mass is 10.1. The van der Waals surface area contributed by atoms with E-state index in [1.54, 1.807) is 36.3 Å². The summed E-state index contributed by atoms with van der Waals surface area (Å²) in [6.07, 6.45) is 3.38. The van der Waals surface area contributed by atoms with Crippen LogP contribution >= 0.6 is 0 Å². The maximum atomic E-state index is 11.5. The Labute approximate surface area is 134 Å². The Bertz CT molecular complexity index is 1150. The van der Waals surface area contributed by atoms with E-state index in [1.807, 2.05) is 6.07 Å². The molecule has 8 nitrogen and oxygen atoms in total. The largest absolute Gasteiger partial charge is 0.328 e. The molecule has 0 amide bonds. The number of rotatable bonds is 2. The molecule has 0 aliphatic rings. The van der Waals surface area contributed by atoms with Gasteiger partial charge in [-0.3, -0.25) is 14.3 Å². The van der Waals surface area contributed by atoms with Crippen LogP contribution in [0.1, 0.15) is 0 Å². The number of hydrogen-bond acceptors (Lipinski definition) is 5. The van der Waals surface area contributed by atoms with Crippen LogP contribution in [0.15, 0.2) is 52.3 Å². The SMILES string of the molecule is Cn1ccc(-c2nc3[nH]c(=O)ccc3nc2-c2ccc(=O)[nH]c2)n1. The van der Waals surface area contributed by atoms with E-state index in [-0.39, 0.29) is 11.1 Å². The molecule has 0 fully saturated rings. The van der Waals surface area contributed by atoms with E-state index >= 15 is 0 Å². The second-order valence-corrected chi connectivity index (χ2v) is 5.29. The van der Waals surface area contributed by atoms with Crippen molar-refractivity contribution >= 4 is 11.2 Å². The third-order valence-corrected chi connectivity index (χ3v) is 3.57. The summed E-state index contributed by atoms with van der Waals surface area (Å²) >= 11 is 0. The third-order valence-electron chi connectivity index (χ3n) is 3.57. The van der Waals surface area contributed by atoms with Gasteiger partial charge in [-0.1, -0.05) is 0 Å². The predicted octanol–water partition coefficient (Wildman–Crippen LogP) is 1.07. The molecule has 0 saturated carbocycles. The van der Waals surface area contributed by atoms with Crippen LogP contribution in [0.5, 0.6) is 0 Å². The second kappa shape index (κ2) is 5.27. The number of aromatic amines is 2. The van der Waals surface area contributed by atoms with Gasteiger partial charge in [-0.15, -0.1) is 0 Å². The molecule has 2 N–H and O–H groups in total. The quantitative estimate of drug-likeness (QED) is 0.574. The number of aryl methyl sites for hydroxylation is 1. The Morgan fingerprint density at radius 2 is 1.79 bits per heavy atom. The number of nitrogens with zero attached hydrogens (tertiary/aromatic N) is 4. The van der Waals surface area contributed by atoms with E-state index in [2.05, 4.69) is 25.0 Å². The molecule has 0 spiro atoms. The smallest absolute Gasteiger partial charge is 0.249 e. The van der Waals surface area contributed by atoms with Gasteiger partial charge in [-0.2, -0.15) is 5.10 Å². The third kappa shape index (κ3) is 2.39. The molecule has 4 aromatic heterocycles. The van der Waals surface area contributed by atoms with Gasteiger partial charge in [0.1, 0.15) is 22.6 Å². The lowest BCUT2D eigenvalue weighted by Crippen LogP contribution is -2.07. The van der Waals surface area contributed by atoms with E-state index in [1.165, 1.54) is 12.1 Å². The monoisotopic (exact) mass is 320 g/mol. The summed E-state index contributed by atoms with van der Waals surface area (Å²) in [7, 11) is 1.81. The zero-order chi connectivity index (χ0) is 16.7. The summed E-state index contributed by atoms with van der Waals surface area (Å²) in [5.41, 5.74) is 2.92. The first kappa shape index (κ1) is 14.1. The summed E-state index contributed by atoms with van der Waals surface area (Å²) < 4.78 is 1.66. The normalized spacial score (nSPS) is 11.0. The van der Waals surface area contributed by atoms with Gasteiger partial charge < -0.3 is 9.97 Å². The molecular weight excluding hydrogens is 308 g/mol. The van der Waals surface area contributed by atoms with Crippen molar-refractivity contribution < 1.29 is 0 Å². The molecule has 0 radical (unpaired) electrons. The highest BCUT2D eigenvalue weighted by Crippen LogP contribution is 2.28. The van der Waals surface area contributed by atoms with Crippen LogP contribution in [0.3, 0.4) is 0 Å². The van der Waals surface area contributed by atoms with E-state index in [4.69, 9.17) is 0 Å². The Kier molecular flexibility index (Phi) is 3.09. The van der Waals surface area contributed by atoms with E-state index in [9.17, 15) is 9.59 Å². The first-order chi connectivity index (χ1) is 11.6. The first-order valence-corrected chi connectivity index (χ1v) is 7.20. The van der Waals surface area contributed by atoms with Gasteiger partial charge in [0.05, 0.1) is 0 Å². The molecule has 0 bridgehead atoms. The average molecular weight is 320 g/mol. The van der Waals surface area contributed by atoms with Crippen molar-refractivity contribution in [1.29, 1.82) is 0 Å². The van der Waals surface area contributed by atoms with Crippen LogP contribution in [0.2, 0.25) is 0 Å². The van der Waals surface area contributed by atoms with Crippen LogP contribution < -0.4 is 11.1 Å². The van der Waals surface area contributed by atoms with Crippen molar-refractivity contribution in [1.82, 2.24) is 29.7 Å². The summed E-state index contributed by atoms with van der Waals surface area (Å²) in [6, 6.07) is 7.92. The highest BCUT2D eigenvalue weighted by Gasteiger charge is 2.15. The van der Waals surface area contributed by atoms with E-state index in [0.29, 0.717) is 33.8 Å². The molecule has 8 heteroatoms. The van der Waals surface area contributed by atoms with E-state index < -0.39 is 0 Å². The van der Waals surface area contributed by atoms with Crippen molar-refractivity contribution in [3.63, 3.8) is 0 Å². The molecule has 4 rings (SSSR count). The Morgan fingerprint density at radius 1 is 0.958 bits per heavy atom. The topological polar surface area (TPSA) is 109 Å². The zero-order valence-corrected chi connectivity index (χ0v) is 12.6. The molecule has 0 aliphatic heterocycles. The van der Waals surface area contributed by atoms with Gasteiger partial charge in [0.15, 0.2) is 5.65 Å². The maximum Gasteiger partial charge on any atom is 0.249 e. The van der Waals surface area contributed by atoms with Gasteiger partial charge in [-0.05, 0) is 18.2 Å². The van der Waals surface area contributed by atoms with Gasteiger partial charge in [-0.25, -0.2) is 9.97 Å². The van der Waals surface area contributed by atoms with Gasteiger partial charge in [0.25, 0.3) is 0 Å². The Morgan fingerprint density at radius 3 is 2.50 bits per heavy atom. The number of fused-ring (bicyclic) bond motifs is 1. The molecule has 0 atom stereocenters. The van der Waals surface area contributed by atoms with Crippen molar-refractivity contribution in [3.8, 4) is 22.6 Å². The van der Waals surface area contributed by atoms with Crippen molar-refractivity contribution in [2.75, 3.05) is 0 Å². The lowest BCUT2D eigenvalue weighted by Gasteiger charge is -2.08. The summed E-state index contributed by atoms with van der Waals surface area (Å²) in [5, 5.41) is 4.36. The molecule has 0 unspecified atom stereocenters. The molecule has 4 aromatic rings. The minimum atomic E-state index is -0.249. The van der Waals surface area contributed by atoms with Crippen molar-refractivity contribution in [3.05, 3.63) is 63.4 Å². The van der Waals surface area contributed by atoms with Gasteiger partial charge in [0.2, 0.25) is 11.1 Å². The fraction of sp³-hybridized carbons (Fsp3) is 0.0625. The second-order valence-electron chi connectivity index (χ2n) is 5.29. The molecule has 118 valence electrons. The number of aromatic nitrogens is 6. The standard InChI is InChI=1S/C16H12N6O2/c1-22-7-6-10(21-22)15-14(9-2-4-12(23)17-8-9)18-11-3-5-13(24)19-16(11)20-15/h2-8H,1H3,(H,17,23)(H,19,20,24). The molecule has 0 saturated heterocycles. The Balaban J connectivity index is 2.05. The van der Waals surface area contributed by atoms with Crippen LogP contribution in [0.25, 0.3) is 33.8 Å². The highest BCUT2D eigenvalue weighted by atomic mass is 16.1. The van der Waals surface area contributed by atoms with Crippen LogP contribution in [-0.4, -0.2) is 29.7 Å². The zero-order valence-electron chi connectivity index (χ0n) is 12.6. The predicted molar refractivity (Wildman–Crippen MR) is 88.4 cm³/mol. The Hall–Kier alpha value is -3.55. The first-order valence-electron chi connectivity index (χ1n) is 7.20. The van der Waals surface area contributed by atoms with Gasteiger partial charge in [0, 0.05) is 37.1 Å². The summed E-state index contributed by atoms with van der Waals surface area (Å²) in [4.78, 5) is 37.3. The highest BCUT2D eigenvalue weighted by molar-refractivity contribution is 5.83. The molecular formula is C16H12N6O2. The maximum absolute atomic E-state index is 11.5. The molecule has 0 aliphatic carbocycles. The van der Waals surface area contributed by atoms with Crippen LogP contribution in [0.4, 0.5) is 0 Å². The molecule has 0 aromatic carbocycles. The number of nitrogens with one attached hydrogen (secondary N) is 2. The summed E-state index contributed by atoms with van der Waals surface area (Å²) in [5.74, 6) is 0. The number of H-pyrrole nitrogens is 2. The number of hydrogen-bond donors (Lipinski definition) is 2. The summed E-state index contributed by atoms with van der Waals surface area (Å²) in [6.45, 7) is 0. The number of pyridine rings is 2. The van der Waals surface area contributed by atoms with Crippen LogP contribution in [-0.2, 0) is 7.05 Å². The van der Waals surface area contributed by atoms with E-state index in [0.717, 1.165) is 0 Å². The fourth-order valence-corrected chi connectivity index (χ4v) is 2.45. The minimum absolute atomic E-state index is 0.198. The minimum Gasteiger partial charge on any atom is -0.328 e. The fourth-order valence-electron chi connectivity index (χ4n) is 2.45. The molecule has 24 heavy (non-hydrogen) atoms. The van der Waals surface area contributed by atoms with Crippen molar-refractivity contribution in [2.45, 2.75) is 0 Å². The average Bonchev–Trinajstić information content (AvgIpc) is 3.01. The van der Waals surface area contributed by atoms with Crippen LogP contribution in [0, 0.1) is 0 Å². The van der Waals surface area contributed by atoms with Gasteiger partial charge >= 0.3 is 0 Å². The molecule has 4 heterocycles. The lowest BCUT2D eigenvalue weighted by molar-refractivity contribution is 0.770.